The molecule has 0 unspecified atom stereocenters. The molecule has 0 fully saturated rings. The van der Waals surface area contributed by atoms with Gasteiger partial charge < -0.3 is 19.7 Å². The number of hydrogen-bond acceptors (Lipinski definition) is 3. The van der Waals surface area contributed by atoms with Crippen molar-refractivity contribution in [2.24, 2.45) is 5.92 Å². The molecule has 0 spiro atoms. The molecule has 136 valence electrons. The van der Waals surface area contributed by atoms with Gasteiger partial charge in [-0.1, -0.05) is 13.8 Å². The fourth-order valence-corrected chi connectivity index (χ4v) is 3.00. The summed E-state index contributed by atoms with van der Waals surface area (Å²) in [6, 6.07) is 4.57. The molecular formula is C19H26N2O4. The zero-order valence-electron chi connectivity index (χ0n) is 15.4. The Bertz CT molecular complexity index is 792. The van der Waals surface area contributed by atoms with E-state index in [0.717, 1.165) is 28.7 Å². The summed E-state index contributed by atoms with van der Waals surface area (Å²) >= 11 is 0. The summed E-state index contributed by atoms with van der Waals surface area (Å²) in [5, 5.41) is 12.9. The number of hydrogen-bond donors (Lipinski definition) is 2. The van der Waals surface area contributed by atoms with Crippen molar-refractivity contribution in [2.75, 3.05) is 13.7 Å². The first-order valence-electron chi connectivity index (χ1n) is 8.40. The monoisotopic (exact) mass is 346 g/mol. The molecule has 2 N–H and O–H groups in total. The molecule has 0 aliphatic rings. The number of nitrogens with zero attached hydrogens (tertiary/aromatic N) is 1. The maximum absolute atomic E-state index is 12.5. The fraction of sp³-hybridized carbons (Fsp3) is 0.474. The Kier molecular flexibility index (Phi) is 5.85. The minimum absolute atomic E-state index is 0.190. The van der Waals surface area contributed by atoms with Crippen LogP contribution in [0.25, 0.3) is 10.9 Å². The number of aliphatic carboxylic acids is 1. The van der Waals surface area contributed by atoms with Crippen molar-refractivity contribution in [3.05, 3.63) is 35.0 Å². The highest BCUT2D eigenvalue weighted by atomic mass is 16.5. The minimum atomic E-state index is -1.03. The molecule has 25 heavy (non-hydrogen) atoms. The number of rotatable bonds is 7. The molecular weight excluding hydrogens is 320 g/mol. The number of amides is 1. The van der Waals surface area contributed by atoms with Crippen LogP contribution in [0.15, 0.2) is 18.2 Å². The van der Waals surface area contributed by atoms with Crippen molar-refractivity contribution in [2.45, 2.75) is 40.3 Å². The van der Waals surface area contributed by atoms with E-state index in [1.165, 1.54) is 0 Å². The first kappa shape index (κ1) is 19.0. The van der Waals surface area contributed by atoms with E-state index in [2.05, 4.69) is 9.88 Å². The van der Waals surface area contributed by atoms with Crippen molar-refractivity contribution in [3.63, 3.8) is 0 Å². The molecule has 1 aromatic carbocycles. The number of carboxylic acid groups (broad SMARTS) is 1. The molecule has 0 aliphatic carbocycles. The normalized spacial score (nSPS) is 12.6. The second kappa shape index (κ2) is 7.70. The van der Waals surface area contributed by atoms with Gasteiger partial charge in [-0.05, 0) is 43.5 Å². The Hall–Kier alpha value is -2.34. The molecule has 6 nitrogen and oxygen atoms in total. The largest absolute Gasteiger partial charge is 0.480 e. The molecule has 1 amide bonds. The van der Waals surface area contributed by atoms with Crippen LogP contribution in [-0.2, 0) is 16.1 Å². The van der Waals surface area contributed by atoms with Gasteiger partial charge in [0.25, 0.3) is 5.91 Å². The van der Waals surface area contributed by atoms with Gasteiger partial charge in [-0.2, -0.15) is 0 Å². The molecule has 6 heteroatoms. The average molecular weight is 346 g/mol. The Morgan fingerprint density at radius 1 is 1.28 bits per heavy atom. The molecule has 0 bridgehead atoms. The van der Waals surface area contributed by atoms with Crippen molar-refractivity contribution >= 4 is 22.8 Å². The number of fused-ring (bicyclic) bond motifs is 1. The zero-order chi connectivity index (χ0) is 18.7. The number of carboxylic acids is 1. The summed E-state index contributed by atoms with van der Waals surface area (Å²) < 4.78 is 7.34. The summed E-state index contributed by atoms with van der Waals surface area (Å²) in [4.78, 5) is 23.8. The third kappa shape index (κ3) is 3.85. The van der Waals surface area contributed by atoms with E-state index in [-0.39, 0.29) is 11.8 Å². The van der Waals surface area contributed by atoms with Crippen molar-refractivity contribution in [1.82, 2.24) is 9.88 Å². The average Bonchev–Trinajstić information content (AvgIpc) is 2.80. The van der Waals surface area contributed by atoms with E-state index in [4.69, 9.17) is 4.74 Å². The third-order valence-electron chi connectivity index (χ3n) is 4.64. The first-order valence-corrected chi connectivity index (χ1v) is 8.40. The fourth-order valence-electron chi connectivity index (χ4n) is 3.00. The van der Waals surface area contributed by atoms with E-state index >= 15 is 0 Å². The van der Waals surface area contributed by atoms with E-state index in [1.54, 1.807) is 27.0 Å². The lowest BCUT2D eigenvalue weighted by Crippen LogP contribution is -2.44. The quantitative estimate of drug-likeness (QED) is 0.808. The maximum Gasteiger partial charge on any atom is 0.326 e. The number of aryl methyl sites for hydroxylation is 1. The van der Waals surface area contributed by atoms with Crippen LogP contribution in [-0.4, -0.2) is 41.3 Å². The van der Waals surface area contributed by atoms with Crippen LogP contribution in [0.4, 0.5) is 0 Å². The smallest absolute Gasteiger partial charge is 0.326 e. The molecule has 2 rings (SSSR count). The second-order valence-electron chi connectivity index (χ2n) is 6.62. The van der Waals surface area contributed by atoms with Crippen molar-refractivity contribution in [3.8, 4) is 0 Å². The molecule has 0 radical (unpaired) electrons. The van der Waals surface area contributed by atoms with E-state index < -0.39 is 12.0 Å². The number of aromatic nitrogens is 1. The van der Waals surface area contributed by atoms with Gasteiger partial charge in [0.15, 0.2) is 0 Å². The number of nitrogens with one attached hydrogen (secondary N) is 1. The highest BCUT2D eigenvalue weighted by Gasteiger charge is 2.24. The molecule has 0 saturated heterocycles. The zero-order valence-corrected chi connectivity index (χ0v) is 15.4. The van der Waals surface area contributed by atoms with Gasteiger partial charge in [0, 0.05) is 35.8 Å². The standard InChI is InChI=1S/C19H26N2O4/c1-11(2)17(19(23)24)20-18(22)14-6-7-16-15(10-14)12(3)13(4)21(16)8-9-25-5/h6-7,10-11,17H,8-9H2,1-5H3,(H,20,22)(H,23,24)/t17-/m0/s1. The van der Waals surface area contributed by atoms with Crippen LogP contribution in [0.5, 0.6) is 0 Å². The van der Waals surface area contributed by atoms with Gasteiger partial charge in [-0.25, -0.2) is 4.79 Å². The Morgan fingerprint density at radius 3 is 2.52 bits per heavy atom. The predicted molar refractivity (Wildman–Crippen MR) is 97.0 cm³/mol. The van der Waals surface area contributed by atoms with Gasteiger partial charge in [-0.15, -0.1) is 0 Å². The Labute approximate surface area is 147 Å². The summed E-state index contributed by atoms with van der Waals surface area (Å²) in [6.07, 6.45) is 0. The molecule has 1 aromatic heterocycles. The van der Waals surface area contributed by atoms with Gasteiger partial charge >= 0.3 is 5.97 Å². The first-order chi connectivity index (χ1) is 11.8. The predicted octanol–water partition coefficient (Wildman–Crippen LogP) is 2.74. The summed E-state index contributed by atoms with van der Waals surface area (Å²) in [5.74, 6) is -1.59. The molecule has 2 aromatic rings. The summed E-state index contributed by atoms with van der Waals surface area (Å²) in [5.41, 5.74) is 3.75. The number of carbonyl (C=O) groups is 2. The molecule has 0 aliphatic heterocycles. The SMILES string of the molecule is COCCn1c(C)c(C)c2cc(C(=O)N[C@H](C(=O)O)C(C)C)ccc21. The highest BCUT2D eigenvalue weighted by Crippen LogP contribution is 2.26. The minimum Gasteiger partial charge on any atom is -0.480 e. The Balaban J connectivity index is 2.36. The van der Waals surface area contributed by atoms with Crippen LogP contribution in [0.2, 0.25) is 0 Å². The van der Waals surface area contributed by atoms with Crippen LogP contribution in [0.3, 0.4) is 0 Å². The summed E-state index contributed by atoms with van der Waals surface area (Å²) in [7, 11) is 1.67. The van der Waals surface area contributed by atoms with E-state index in [0.29, 0.717) is 12.2 Å². The molecule has 1 heterocycles. The Morgan fingerprint density at radius 2 is 1.96 bits per heavy atom. The molecule has 0 saturated carbocycles. The number of methoxy groups -OCH3 is 1. The number of ether oxygens (including phenoxy) is 1. The van der Waals surface area contributed by atoms with Gasteiger partial charge in [0.1, 0.15) is 6.04 Å². The highest BCUT2D eigenvalue weighted by molar-refractivity contribution is 6.00. The van der Waals surface area contributed by atoms with Crippen LogP contribution >= 0.6 is 0 Å². The second-order valence-corrected chi connectivity index (χ2v) is 6.62. The van der Waals surface area contributed by atoms with Crippen molar-refractivity contribution in [1.29, 1.82) is 0 Å². The molecule has 1 atom stereocenters. The topological polar surface area (TPSA) is 80.6 Å². The lowest BCUT2D eigenvalue weighted by molar-refractivity contribution is -0.140. The summed E-state index contributed by atoms with van der Waals surface area (Å²) in [6.45, 7) is 8.96. The lowest BCUT2D eigenvalue weighted by Gasteiger charge is -2.18. The van der Waals surface area contributed by atoms with E-state index in [1.807, 2.05) is 26.0 Å². The number of carbonyl (C=O) groups excluding carboxylic acids is 1. The third-order valence-corrected chi connectivity index (χ3v) is 4.64. The lowest BCUT2D eigenvalue weighted by atomic mass is 10.0. The van der Waals surface area contributed by atoms with Crippen LogP contribution in [0.1, 0.15) is 35.5 Å². The van der Waals surface area contributed by atoms with Gasteiger partial charge in [-0.3, -0.25) is 4.79 Å². The number of benzene rings is 1. The van der Waals surface area contributed by atoms with Crippen molar-refractivity contribution < 1.29 is 19.4 Å². The maximum atomic E-state index is 12.5. The van der Waals surface area contributed by atoms with Gasteiger partial charge in [0.05, 0.1) is 6.61 Å². The van der Waals surface area contributed by atoms with Gasteiger partial charge in [0.2, 0.25) is 0 Å². The van der Waals surface area contributed by atoms with Crippen LogP contribution in [0, 0.1) is 19.8 Å². The van der Waals surface area contributed by atoms with Crippen LogP contribution < -0.4 is 5.32 Å². The van der Waals surface area contributed by atoms with E-state index in [9.17, 15) is 14.7 Å².